The van der Waals surface area contributed by atoms with E-state index in [4.69, 9.17) is 10.5 Å². The van der Waals surface area contributed by atoms with Crippen molar-refractivity contribution in [3.8, 4) is 5.75 Å². The lowest BCUT2D eigenvalue weighted by molar-refractivity contribution is 0.132. The standard InChI is InChI=1S/C16H25FN2O/c17-14-5-7-16(8-6-14)20-13-3-12-19-11-2-1-4-15(19)9-10-18/h5-8,15H,1-4,9-13,18H2. The predicted molar refractivity (Wildman–Crippen MR) is 79.4 cm³/mol. The van der Waals surface area contributed by atoms with Crippen LogP contribution in [0.25, 0.3) is 0 Å². The third kappa shape index (κ3) is 4.76. The Balaban J connectivity index is 1.67. The smallest absolute Gasteiger partial charge is 0.123 e. The summed E-state index contributed by atoms with van der Waals surface area (Å²) in [5.41, 5.74) is 5.68. The molecule has 112 valence electrons. The second-order valence-electron chi connectivity index (χ2n) is 5.42. The number of likely N-dealkylation sites (tertiary alicyclic amines) is 1. The van der Waals surface area contributed by atoms with Crippen molar-refractivity contribution in [1.29, 1.82) is 0 Å². The molecular formula is C16H25FN2O. The number of halogens is 1. The largest absolute Gasteiger partial charge is 0.494 e. The Labute approximate surface area is 120 Å². The first-order chi connectivity index (χ1) is 9.79. The van der Waals surface area contributed by atoms with Crippen LogP contribution < -0.4 is 10.5 Å². The minimum atomic E-state index is -0.227. The maximum absolute atomic E-state index is 12.8. The highest BCUT2D eigenvalue weighted by atomic mass is 19.1. The number of hydrogen-bond donors (Lipinski definition) is 1. The van der Waals surface area contributed by atoms with E-state index in [1.54, 1.807) is 12.1 Å². The van der Waals surface area contributed by atoms with E-state index in [-0.39, 0.29) is 5.82 Å². The van der Waals surface area contributed by atoms with Crippen molar-refractivity contribution in [1.82, 2.24) is 4.90 Å². The fourth-order valence-electron chi connectivity index (χ4n) is 2.86. The first-order valence-electron chi connectivity index (χ1n) is 7.62. The van der Waals surface area contributed by atoms with Crippen LogP contribution in [0.3, 0.4) is 0 Å². The molecule has 0 bridgehead atoms. The average Bonchev–Trinajstić information content (AvgIpc) is 2.47. The number of nitrogens with two attached hydrogens (primary N) is 1. The van der Waals surface area contributed by atoms with Crippen molar-refractivity contribution in [2.24, 2.45) is 5.73 Å². The Hall–Kier alpha value is -1.13. The van der Waals surface area contributed by atoms with Gasteiger partial charge in [0.2, 0.25) is 0 Å². The summed E-state index contributed by atoms with van der Waals surface area (Å²) in [7, 11) is 0. The molecule has 0 aromatic heterocycles. The summed E-state index contributed by atoms with van der Waals surface area (Å²) in [4.78, 5) is 2.55. The van der Waals surface area contributed by atoms with Crippen LogP contribution in [0.4, 0.5) is 4.39 Å². The van der Waals surface area contributed by atoms with Crippen LogP contribution in [0.2, 0.25) is 0 Å². The maximum atomic E-state index is 12.8. The van der Waals surface area contributed by atoms with Crippen LogP contribution >= 0.6 is 0 Å². The van der Waals surface area contributed by atoms with Crippen LogP contribution in [0.1, 0.15) is 32.1 Å². The summed E-state index contributed by atoms with van der Waals surface area (Å²) in [5, 5.41) is 0. The van der Waals surface area contributed by atoms with Gasteiger partial charge < -0.3 is 15.4 Å². The van der Waals surface area contributed by atoms with Crippen molar-refractivity contribution in [3.63, 3.8) is 0 Å². The minimum Gasteiger partial charge on any atom is -0.494 e. The Bertz CT molecular complexity index is 381. The minimum absolute atomic E-state index is 0.227. The second-order valence-corrected chi connectivity index (χ2v) is 5.42. The van der Waals surface area contributed by atoms with Gasteiger partial charge in [-0.2, -0.15) is 0 Å². The Morgan fingerprint density at radius 2 is 2.05 bits per heavy atom. The third-order valence-electron chi connectivity index (χ3n) is 3.92. The highest BCUT2D eigenvalue weighted by molar-refractivity contribution is 5.21. The summed E-state index contributed by atoms with van der Waals surface area (Å²) in [6.45, 7) is 3.69. The lowest BCUT2D eigenvalue weighted by atomic mass is 9.99. The van der Waals surface area contributed by atoms with Gasteiger partial charge >= 0.3 is 0 Å². The maximum Gasteiger partial charge on any atom is 0.123 e. The van der Waals surface area contributed by atoms with E-state index in [1.165, 1.54) is 37.9 Å². The molecule has 1 aliphatic rings. The van der Waals surface area contributed by atoms with Gasteiger partial charge in [-0.05, 0) is 63.0 Å². The van der Waals surface area contributed by atoms with Gasteiger partial charge in [0.05, 0.1) is 6.61 Å². The lowest BCUT2D eigenvalue weighted by Gasteiger charge is -2.35. The molecule has 0 aliphatic carbocycles. The van der Waals surface area contributed by atoms with E-state index in [0.717, 1.165) is 31.7 Å². The van der Waals surface area contributed by atoms with Gasteiger partial charge in [0.1, 0.15) is 11.6 Å². The molecule has 1 fully saturated rings. The summed E-state index contributed by atoms with van der Waals surface area (Å²) in [6, 6.07) is 6.86. The van der Waals surface area contributed by atoms with Crippen molar-refractivity contribution in [2.45, 2.75) is 38.1 Å². The highest BCUT2D eigenvalue weighted by Crippen LogP contribution is 2.19. The van der Waals surface area contributed by atoms with Gasteiger partial charge in [-0.3, -0.25) is 0 Å². The first kappa shape index (κ1) is 15.3. The molecule has 1 aromatic rings. The molecule has 0 radical (unpaired) electrons. The van der Waals surface area contributed by atoms with E-state index >= 15 is 0 Å². The molecular weight excluding hydrogens is 255 g/mol. The van der Waals surface area contributed by atoms with Gasteiger partial charge in [0.15, 0.2) is 0 Å². The summed E-state index contributed by atoms with van der Waals surface area (Å²) >= 11 is 0. The second kappa shape index (κ2) is 8.22. The van der Waals surface area contributed by atoms with Crippen LogP contribution in [-0.4, -0.2) is 37.2 Å². The van der Waals surface area contributed by atoms with E-state index in [1.807, 2.05) is 0 Å². The van der Waals surface area contributed by atoms with Gasteiger partial charge in [-0.1, -0.05) is 6.42 Å². The zero-order valence-electron chi connectivity index (χ0n) is 12.1. The molecule has 4 heteroatoms. The molecule has 0 saturated carbocycles. The first-order valence-corrected chi connectivity index (χ1v) is 7.62. The highest BCUT2D eigenvalue weighted by Gasteiger charge is 2.20. The molecule has 1 atom stereocenters. The molecule has 1 aliphatic heterocycles. The molecule has 2 rings (SSSR count). The van der Waals surface area contributed by atoms with Crippen molar-refractivity contribution in [3.05, 3.63) is 30.1 Å². The molecule has 1 saturated heterocycles. The van der Waals surface area contributed by atoms with Gasteiger partial charge in [-0.15, -0.1) is 0 Å². The van der Waals surface area contributed by atoms with Gasteiger partial charge in [0, 0.05) is 12.6 Å². The molecule has 1 heterocycles. The van der Waals surface area contributed by atoms with E-state index < -0.39 is 0 Å². The summed E-state index contributed by atoms with van der Waals surface area (Å²) in [5.74, 6) is 0.513. The topological polar surface area (TPSA) is 38.5 Å². The number of benzene rings is 1. The molecule has 1 unspecified atom stereocenters. The van der Waals surface area contributed by atoms with Crippen LogP contribution in [0, 0.1) is 5.82 Å². The Morgan fingerprint density at radius 3 is 2.80 bits per heavy atom. The van der Waals surface area contributed by atoms with E-state index in [2.05, 4.69) is 4.90 Å². The van der Waals surface area contributed by atoms with Gasteiger partial charge in [0.25, 0.3) is 0 Å². The number of nitrogens with zero attached hydrogens (tertiary/aromatic N) is 1. The molecule has 20 heavy (non-hydrogen) atoms. The lowest BCUT2D eigenvalue weighted by Crippen LogP contribution is -2.41. The summed E-state index contributed by atoms with van der Waals surface area (Å²) in [6.07, 6.45) is 5.99. The molecule has 1 aromatic carbocycles. The van der Waals surface area contributed by atoms with Crippen LogP contribution in [0.5, 0.6) is 5.75 Å². The molecule has 2 N–H and O–H groups in total. The van der Waals surface area contributed by atoms with Gasteiger partial charge in [-0.25, -0.2) is 4.39 Å². The van der Waals surface area contributed by atoms with Crippen molar-refractivity contribution < 1.29 is 9.13 Å². The molecule has 0 spiro atoms. The molecule has 0 amide bonds. The monoisotopic (exact) mass is 280 g/mol. The van der Waals surface area contributed by atoms with Crippen LogP contribution in [-0.2, 0) is 0 Å². The summed E-state index contributed by atoms with van der Waals surface area (Å²) < 4.78 is 18.4. The Kier molecular flexibility index (Phi) is 6.27. The number of rotatable bonds is 7. The van der Waals surface area contributed by atoms with Crippen LogP contribution in [0.15, 0.2) is 24.3 Å². The van der Waals surface area contributed by atoms with Crippen molar-refractivity contribution >= 4 is 0 Å². The van der Waals surface area contributed by atoms with Crippen molar-refractivity contribution in [2.75, 3.05) is 26.2 Å². The third-order valence-corrected chi connectivity index (χ3v) is 3.92. The normalized spacial score (nSPS) is 20.0. The van der Waals surface area contributed by atoms with E-state index in [9.17, 15) is 4.39 Å². The average molecular weight is 280 g/mol. The fourth-order valence-corrected chi connectivity index (χ4v) is 2.86. The SMILES string of the molecule is NCCC1CCCCN1CCCOc1ccc(F)cc1. The Morgan fingerprint density at radius 1 is 1.25 bits per heavy atom. The number of hydrogen-bond acceptors (Lipinski definition) is 3. The van der Waals surface area contributed by atoms with E-state index in [0.29, 0.717) is 12.6 Å². The predicted octanol–water partition coefficient (Wildman–Crippen LogP) is 2.80. The zero-order valence-corrected chi connectivity index (χ0v) is 12.1. The fraction of sp³-hybridized carbons (Fsp3) is 0.625. The quantitative estimate of drug-likeness (QED) is 0.781. The molecule has 3 nitrogen and oxygen atoms in total. The number of ether oxygens (including phenoxy) is 1. The number of piperidine rings is 1. The zero-order chi connectivity index (χ0) is 14.2.